The summed E-state index contributed by atoms with van der Waals surface area (Å²) in [6.07, 6.45) is 1.07. The van der Waals surface area contributed by atoms with Crippen LogP contribution in [0, 0.1) is 0 Å². The molecule has 0 aliphatic rings. The van der Waals surface area contributed by atoms with E-state index in [2.05, 4.69) is 0 Å². The smallest absolute Gasteiger partial charge is 0.336 e. The molecule has 0 saturated carbocycles. The first-order valence-corrected chi connectivity index (χ1v) is 3.44. The van der Waals surface area contributed by atoms with E-state index in [4.69, 9.17) is 15.3 Å². The molecule has 0 heterocycles. The van der Waals surface area contributed by atoms with Gasteiger partial charge in [0.15, 0.2) is 0 Å². The highest BCUT2D eigenvalue weighted by atomic mass is 16.4. The molecule has 76 valence electrons. The van der Waals surface area contributed by atoms with Crippen molar-refractivity contribution in [1.82, 2.24) is 0 Å². The summed E-state index contributed by atoms with van der Waals surface area (Å²) >= 11 is 0. The Labute approximate surface area is 78.8 Å². The van der Waals surface area contributed by atoms with E-state index in [-0.39, 0.29) is 5.57 Å². The van der Waals surface area contributed by atoms with Crippen molar-refractivity contribution in [3.63, 3.8) is 0 Å². The molecule has 0 spiro atoms. The third kappa shape index (κ3) is 4.05. The quantitative estimate of drug-likeness (QED) is 0.438. The van der Waals surface area contributed by atoms with Gasteiger partial charge in [-0.05, 0) is 12.5 Å². The van der Waals surface area contributed by atoms with E-state index in [9.17, 15) is 14.4 Å². The van der Waals surface area contributed by atoms with Crippen molar-refractivity contribution in [2.24, 2.45) is 0 Å². The van der Waals surface area contributed by atoms with Gasteiger partial charge in [-0.15, -0.1) is 0 Å². The Morgan fingerprint density at radius 1 is 0.929 bits per heavy atom. The largest absolute Gasteiger partial charge is 0.478 e. The van der Waals surface area contributed by atoms with Crippen LogP contribution in [0.2, 0.25) is 0 Å². The van der Waals surface area contributed by atoms with Crippen LogP contribution in [0.5, 0.6) is 0 Å². The molecule has 6 nitrogen and oxygen atoms in total. The predicted octanol–water partition coefficient (Wildman–Crippen LogP) is 0.113. The van der Waals surface area contributed by atoms with E-state index in [0.29, 0.717) is 12.2 Å². The highest BCUT2D eigenvalue weighted by molar-refractivity contribution is 5.99. The molecule has 0 aromatic carbocycles. The average molecular weight is 200 g/mol. The minimum atomic E-state index is -1.48. The van der Waals surface area contributed by atoms with Crippen LogP contribution >= 0.6 is 0 Å². The number of hydrogen-bond acceptors (Lipinski definition) is 3. The molecule has 0 aromatic heterocycles. The summed E-state index contributed by atoms with van der Waals surface area (Å²) in [5, 5.41) is 25.1. The Kier molecular flexibility index (Phi) is 4.08. The first-order chi connectivity index (χ1) is 6.34. The van der Waals surface area contributed by atoms with Crippen LogP contribution in [-0.4, -0.2) is 33.2 Å². The maximum absolute atomic E-state index is 10.5. The molecule has 0 fully saturated rings. The van der Waals surface area contributed by atoms with E-state index >= 15 is 0 Å². The van der Waals surface area contributed by atoms with E-state index in [1.807, 2.05) is 0 Å². The lowest BCUT2D eigenvalue weighted by Crippen LogP contribution is -2.06. The van der Waals surface area contributed by atoms with Gasteiger partial charge in [-0.3, -0.25) is 0 Å². The second-order valence-corrected chi connectivity index (χ2v) is 2.37. The summed E-state index contributed by atoms with van der Waals surface area (Å²) < 4.78 is 0. The normalized spacial score (nSPS) is 12.4. The summed E-state index contributed by atoms with van der Waals surface area (Å²) in [4.78, 5) is 30.9. The van der Waals surface area contributed by atoms with Gasteiger partial charge in [0.05, 0.1) is 5.57 Å². The lowest BCUT2D eigenvalue weighted by Gasteiger charge is -1.99. The van der Waals surface area contributed by atoms with Gasteiger partial charge in [0.1, 0.15) is 0 Å². The highest BCUT2D eigenvalue weighted by Gasteiger charge is 2.12. The Bertz CT molecular complexity index is 336. The van der Waals surface area contributed by atoms with Crippen LogP contribution in [0.4, 0.5) is 0 Å². The Morgan fingerprint density at radius 2 is 1.36 bits per heavy atom. The number of carboxylic acid groups (broad SMARTS) is 3. The van der Waals surface area contributed by atoms with Crippen molar-refractivity contribution in [1.29, 1.82) is 0 Å². The first kappa shape index (κ1) is 11.9. The Balaban J connectivity index is 5.14. The van der Waals surface area contributed by atoms with Crippen LogP contribution in [0.15, 0.2) is 23.3 Å². The fourth-order valence-corrected chi connectivity index (χ4v) is 0.731. The van der Waals surface area contributed by atoms with Crippen molar-refractivity contribution in [2.75, 3.05) is 0 Å². The minimum absolute atomic E-state index is 0.132. The van der Waals surface area contributed by atoms with Crippen molar-refractivity contribution < 1.29 is 29.7 Å². The summed E-state index contributed by atoms with van der Waals surface area (Å²) in [6.45, 7) is 1.21. The van der Waals surface area contributed by atoms with E-state index in [1.165, 1.54) is 6.92 Å². The first-order valence-electron chi connectivity index (χ1n) is 3.44. The van der Waals surface area contributed by atoms with Crippen LogP contribution in [0.3, 0.4) is 0 Å². The van der Waals surface area contributed by atoms with Gasteiger partial charge >= 0.3 is 17.9 Å². The van der Waals surface area contributed by atoms with Gasteiger partial charge in [0.2, 0.25) is 0 Å². The zero-order valence-electron chi connectivity index (χ0n) is 7.22. The fraction of sp³-hybridized carbons (Fsp3) is 0.125. The van der Waals surface area contributed by atoms with Crippen LogP contribution in [0.25, 0.3) is 0 Å². The topological polar surface area (TPSA) is 112 Å². The molecule has 0 atom stereocenters. The van der Waals surface area contributed by atoms with Crippen molar-refractivity contribution >= 4 is 17.9 Å². The van der Waals surface area contributed by atoms with Gasteiger partial charge < -0.3 is 15.3 Å². The molecular formula is C8H8O6. The average Bonchev–Trinajstić information content (AvgIpc) is 1.97. The summed E-state index contributed by atoms with van der Waals surface area (Å²) in [5.74, 6) is -4.26. The van der Waals surface area contributed by atoms with Gasteiger partial charge in [0, 0.05) is 12.2 Å². The zero-order valence-corrected chi connectivity index (χ0v) is 7.22. The SMILES string of the molecule is CC(=C\C(=O)O)/C(=C/C(=O)O)C(=O)O. The van der Waals surface area contributed by atoms with E-state index < -0.39 is 23.5 Å². The maximum atomic E-state index is 10.5. The van der Waals surface area contributed by atoms with Gasteiger partial charge in [-0.2, -0.15) is 0 Å². The highest BCUT2D eigenvalue weighted by Crippen LogP contribution is 2.09. The van der Waals surface area contributed by atoms with E-state index in [1.54, 1.807) is 0 Å². The summed E-state index contributed by atoms with van der Waals surface area (Å²) in [6, 6.07) is 0. The molecule has 0 saturated heterocycles. The monoisotopic (exact) mass is 200 g/mol. The number of rotatable bonds is 4. The minimum Gasteiger partial charge on any atom is -0.478 e. The molecule has 0 aliphatic carbocycles. The molecular weight excluding hydrogens is 192 g/mol. The second-order valence-electron chi connectivity index (χ2n) is 2.37. The molecule has 3 N–H and O–H groups in total. The van der Waals surface area contributed by atoms with Gasteiger partial charge in [-0.25, -0.2) is 14.4 Å². The maximum Gasteiger partial charge on any atom is 0.336 e. The summed E-state index contributed by atoms with van der Waals surface area (Å²) in [7, 11) is 0. The lowest BCUT2D eigenvalue weighted by molar-refractivity contribution is -0.134. The number of hydrogen-bond donors (Lipinski definition) is 3. The third-order valence-electron chi connectivity index (χ3n) is 1.26. The van der Waals surface area contributed by atoms with Gasteiger partial charge in [0.25, 0.3) is 0 Å². The molecule has 6 heteroatoms. The molecule has 0 amide bonds. The van der Waals surface area contributed by atoms with Crippen LogP contribution in [-0.2, 0) is 14.4 Å². The van der Waals surface area contributed by atoms with Crippen LogP contribution < -0.4 is 0 Å². The Morgan fingerprint density at radius 3 is 1.64 bits per heavy atom. The number of carboxylic acids is 3. The van der Waals surface area contributed by atoms with E-state index in [0.717, 1.165) is 0 Å². The second kappa shape index (κ2) is 4.80. The molecule has 0 unspecified atom stereocenters. The molecule has 0 radical (unpaired) electrons. The van der Waals surface area contributed by atoms with Crippen LogP contribution in [0.1, 0.15) is 6.92 Å². The zero-order chi connectivity index (χ0) is 11.3. The molecule has 0 aromatic rings. The number of aliphatic carboxylic acids is 3. The Hall–Kier alpha value is -2.11. The van der Waals surface area contributed by atoms with Gasteiger partial charge in [-0.1, -0.05) is 0 Å². The fourth-order valence-electron chi connectivity index (χ4n) is 0.731. The third-order valence-corrected chi connectivity index (χ3v) is 1.26. The molecule has 0 aliphatic heterocycles. The molecule has 0 rings (SSSR count). The summed E-state index contributed by atoms with van der Waals surface area (Å²) in [5.41, 5.74) is -0.688. The molecule has 0 bridgehead atoms. The van der Waals surface area contributed by atoms with Crippen molar-refractivity contribution in [3.8, 4) is 0 Å². The standard InChI is InChI=1S/C8H8O6/c1-4(2-6(9)10)5(8(13)14)3-7(11)12/h2-3H,1H3,(H,9,10)(H,11,12)(H,13,14)/b4-2+,5-3-. The lowest BCUT2D eigenvalue weighted by atomic mass is 10.1. The van der Waals surface area contributed by atoms with Crippen molar-refractivity contribution in [2.45, 2.75) is 6.92 Å². The predicted molar refractivity (Wildman–Crippen MR) is 44.7 cm³/mol. The number of carbonyl (C=O) groups is 3. The molecule has 14 heavy (non-hydrogen) atoms. The van der Waals surface area contributed by atoms with Crippen molar-refractivity contribution in [3.05, 3.63) is 23.3 Å².